The Labute approximate surface area is 119 Å². The van der Waals surface area contributed by atoms with Crippen LogP contribution in [0.4, 0.5) is 10.1 Å². The topological polar surface area (TPSA) is 118 Å². The van der Waals surface area contributed by atoms with Crippen molar-refractivity contribution in [2.45, 2.75) is 23.8 Å². The Kier molecular flexibility index (Phi) is 4.19. The zero-order valence-electron chi connectivity index (χ0n) is 10.7. The molecule has 10 heteroatoms. The minimum Gasteiger partial charge on any atom is -0.352 e. The number of hydrogen-bond acceptors (Lipinski definition) is 5. The van der Waals surface area contributed by atoms with Gasteiger partial charge in [0.1, 0.15) is 0 Å². The molecule has 1 saturated heterocycles. The van der Waals surface area contributed by atoms with Crippen LogP contribution in [0.2, 0.25) is 0 Å². The SMILES string of the molecule is O=C1CCC(CNS(=O)(=O)c2ccc([N+](=O)[O-])c(F)c2)N1. The molecule has 1 heterocycles. The van der Waals surface area contributed by atoms with Crippen LogP contribution in [0.1, 0.15) is 12.8 Å². The van der Waals surface area contributed by atoms with Crippen molar-refractivity contribution in [1.29, 1.82) is 0 Å². The Hall–Kier alpha value is -2.07. The molecule has 0 radical (unpaired) electrons. The highest BCUT2D eigenvalue weighted by Gasteiger charge is 2.24. The quantitative estimate of drug-likeness (QED) is 0.597. The van der Waals surface area contributed by atoms with E-state index in [2.05, 4.69) is 10.0 Å². The summed E-state index contributed by atoms with van der Waals surface area (Å²) in [6.07, 6.45) is 0.842. The molecule has 1 aromatic carbocycles. The van der Waals surface area contributed by atoms with Gasteiger partial charge in [-0.15, -0.1) is 0 Å². The molecule has 0 saturated carbocycles. The number of halogens is 1. The van der Waals surface area contributed by atoms with Gasteiger partial charge in [-0.05, 0) is 12.5 Å². The number of carbonyl (C=O) groups is 1. The molecule has 1 amide bonds. The van der Waals surface area contributed by atoms with Crippen LogP contribution in [0.15, 0.2) is 23.1 Å². The maximum atomic E-state index is 13.4. The first kappa shape index (κ1) is 15.3. The summed E-state index contributed by atoms with van der Waals surface area (Å²) in [4.78, 5) is 20.1. The Morgan fingerprint density at radius 3 is 2.71 bits per heavy atom. The summed E-state index contributed by atoms with van der Waals surface area (Å²) in [6.45, 7) is -0.0212. The zero-order valence-corrected chi connectivity index (χ0v) is 11.5. The summed E-state index contributed by atoms with van der Waals surface area (Å²) in [5.41, 5.74) is -0.794. The van der Waals surface area contributed by atoms with E-state index in [0.29, 0.717) is 18.9 Å². The van der Waals surface area contributed by atoms with Gasteiger partial charge in [0.15, 0.2) is 0 Å². The third-order valence-corrected chi connectivity index (χ3v) is 4.45. The third kappa shape index (κ3) is 3.52. The van der Waals surface area contributed by atoms with Gasteiger partial charge in [0.2, 0.25) is 21.7 Å². The van der Waals surface area contributed by atoms with Gasteiger partial charge in [0, 0.05) is 31.1 Å². The molecule has 2 rings (SSSR count). The summed E-state index contributed by atoms with van der Waals surface area (Å²) in [5, 5.41) is 13.1. The summed E-state index contributed by atoms with van der Waals surface area (Å²) in [7, 11) is -3.99. The molecule has 21 heavy (non-hydrogen) atoms. The number of nitro groups is 1. The fraction of sp³-hybridized carbons (Fsp3) is 0.364. The van der Waals surface area contributed by atoms with Gasteiger partial charge in [-0.3, -0.25) is 14.9 Å². The molecule has 1 atom stereocenters. The van der Waals surface area contributed by atoms with Crippen molar-refractivity contribution < 1.29 is 22.5 Å². The van der Waals surface area contributed by atoms with Crippen LogP contribution in [0, 0.1) is 15.9 Å². The fourth-order valence-corrected chi connectivity index (χ4v) is 3.02. The van der Waals surface area contributed by atoms with Crippen LogP contribution in [-0.2, 0) is 14.8 Å². The molecule has 1 unspecified atom stereocenters. The summed E-state index contributed by atoms with van der Waals surface area (Å²) < 4.78 is 39.6. The number of sulfonamides is 1. The highest BCUT2D eigenvalue weighted by molar-refractivity contribution is 7.89. The number of carbonyl (C=O) groups excluding carboxylic acids is 1. The molecule has 2 N–H and O–H groups in total. The van der Waals surface area contributed by atoms with Crippen molar-refractivity contribution in [3.63, 3.8) is 0 Å². The Morgan fingerprint density at radius 2 is 2.19 bits per heavy atom. The van der Waals surface area contributed by atoms with Crippen LogP contribution in [0.25, 0.3) is 0 Å². The van der Waals surface area contributed by atoms with E-state index >= 15 is 0 Å². The highest BCUT2D eigenvalue weighted by Crippen LogP contribution is 2.20. The Morgan fingerprint density at radius 1 is 1.48 bits per heavy atom. The van der Waals surface area contributed by atoms with Gasteiger partial charge >= 0.3 is 5.69 Å². The average molecular weight is 317 g/mol. The molecule has 114 valence electrons. The van der Waals surface area contributed by atoms with Gasteiger partial charge in [0.25, 0.3) is 0 Å². The van der Waals surface area contributed by atoms with Crippen molar-refractivity contribution in [2.24, 2.45) is 0 Å². The van der Waals surface area contributed by atoms with Gasteiger partial charge < -0.3 is 5.32 Å². The number of hydrogen-bond donors (Lipinski definition) is 2. The number of nitrogens with one attached hydrogen (secondary N) is 2. The van der Waals surface area contributed by atoms with Crippen LogP contribution >= 0.6 is 0 Å². The molecule has 0 spiro atoms. The molecule has 1 aromatic rings. The lowest BCUT2D eigenvalue weighted by atomic mass is 10.2. The molecule has 1 aliphatic heterocycles. The smallest absolute Gasteiger partial charge is 0.304 e. The largest absolute Gasteiger partial charge is 0.352 e. The molecule has 0 aliphatic carbocycles. The fourth-order valence-electron chi connectivity index (χ4n) is 1.93. The maximum absolute atomic E-state index is 13.4. The van der Waals surface area contributed by atoms with Crippen molar-refractivity contribution in [3.8, 4) is 0 Å². The van der Waals surface area contributed by atoms with Crippen molar-refractivity contribution >= 4 is 21.6 Å². The van der Waals surface area contributed by atoms with E-state index in [1.54, 1.807) is 0 Å². The lowest BCUT2D eigenvalue weighted by Gasteiger charge is -2.11. The highest BCUT2D eigenvalue weighted by atomic mass is 32.2. The number of benzene rings is 1. The minimum absolute atomic E-state index is 0.0212. The van der Waals surface area contributed by atoms with Crippen molar-refractivity contribution in [2.75, 3.05) is 6.54 Å². The van der Waals surface area contributed by atoms with E-state index in [1.807, 2.05) is 0 Å². The second kappa shape index (κ2) is 5.74. The first-order valence-corrected chi connectivity index (χ1v) is 7.51. The van der Waals surface area contributed by atoms with Crippen LogP contribution in [0.3, 0.4) is 0 Å². The summed E-state index contributed by atoms with van der Waals surface area (Å²) >= 11 is 0. The molecule has 0 bridgehead atoms. The Bertz CT molecular complexity index is 691. The van der Waals surface area contributed by atoms with E-state index in [4.69, 9.17) is 0 Å². The van der Waals surface area contributed by atoms with Gasteiger partial charge in [0.05, 0.1) is 9.82 Å². The van der Waals surface area contributed by atoms with E-state index < -0.39 is 31.3 Å². The monoisotopic (exact) mass is 317 g/mol. The second-order valence-electron chi connectivity index (χ2n) is 4.53. The Balaban J connectivity index is 2.10. The third-order valence-electron chi connectivity index (χ3n) is 3.03. The standard InChI is InChI=1S/C11H12FN3O5S/c12-9-5-8(2-3-10(9)15(17)18)21(19,20)13-6-7-1-4-11(16)14-7/h2-3,5,7,13H,1,4,6H2,(H,14,16). The van der Waals surface area contributed by atoms with Gasteiger partial charge in [-0.25, -0.2) is 13.1 Å². The minimum atomic E-state index is -3.99. The number of nitro benzene ring substituents is 1. The predicted molar refractivity (Wildman–Crippen MR) is 69.4 cm³/mol. The molecule has 1 fully saturated rings. The van der Waals surface area contributed by atoms with Gasteiger partial charge in [-0.2, -0.15) is 4.39 Å². The average Bonchev–Trinajstić information content (AvgIpc) is 2.82. The summed E-state index contributed by atoms with van der Waals surface area (Å²) in [5.74, 6) is -1.38. The first-order chi connectivity index (χ1) is 9.79. The summed E-state index contributed by atoms with van der Waals surface area (Å²) in [6, 6.07) is 2.03. The zero-order chi connectivity index (χ0) is 15.6. The molecule has 8 nitrogen and oxygen atoms in total. The van der Waals surface area contributed by atoms with E-state index in [9.17, 15) is 27.7 Å². The van der Waals surface area contributed by atoms with Crippen LogP contribution in [0.5, 0.6) is 0 Å². The maximum Gasteiger partial charge on any atom is 0.304 e. The van der Waals surface area contributed by atoms with E-state index in [-0.39, 0.29) is 18.5 Å². The van der Waals surface area contributed by atoms with Crippen LogP contribution in [-0.4, -0.2) is 31.8 Å². The first-order valence-electron chi connectivity index (χ1n) is 6.02. The molecular weight excluding hydrogens is 305 g/mol. The van der Waals surface area contributed by atoms with Crippen molar-refractivity contribution in [1.82, 2.24) is 10.0 Å². The second-order valence-corrected chi connectivity index (χ2v) is 6.29. The van der Waals surface area contributed by atoms with Crippen molar-refractivity contribution in [3.05, 3.63) is 34.1 Å². The molecular formula is C11H12FN3O5S. The van der Waals surface area contributed by atoms with Crippen LogP contribution < -0.4 is 10.0 Å². The predicted octanol–water partition coefficient (Wildman–Crippen LogP) is 0.291. The molecule has 1 aliphatic rings. The lowest BCUT2D eigenvalue weighted by molar-refractivity contribution is -0.387. The normalized spacial score (nSPS) is 18.5. The lowest BCUT2D eigenvalue weighted by Crippen LogP contribution is -2.38. The van der Waals surface area contributed by atoms with E-state index in [0.717, 1.165) is 12.1 Å². The number of rotatable bonds is 5. The van der Waals surface area contributed by atoms with E-state index in [1.165, 1.54) is 0 Å². The number of amides is 1. The number of nitrogens with zero attached hydrogens (tertiary/aromatic N) is 1. The molecule has 0 aromatic heterocycles. The van der Waals surface area contributed by atoms with Gasteiger partial charge in [-0.1, -0.05) is 0 Å².